The van der Waals surface area contributed by atoms with Gasteiger partial charge in [-0.3, -0.25) is 14.5 Å². The van der Waals surface area contributed by atoms with E-state index >= 15 is 0 Å². The predicted octanol–water partition coefficient (Wildman–Crippen LogP) is 0.308. The molecule has 1 aliphatic rings. The fraction of sp³-hybridized carbons (Fsp3) is 0.818. The Bertz CT molecular complexity index is 266. The first kappa shape index (κ1) is 13.0. The minimum absolute atomic E-state index is 0.0816. The first-order chi connectivity index (χ1) is 7.50. The number of nitrogens with zero attached hydrogens (tertiary/aromatic N) is 1. The third kappa shape index (κ3) is 3.81. The van der Waals surface area contributed by atoms with E-state index in [1.807, 2.05) is 13.8 Å². The molecule has 0 radical (unpaired) electrons. The van der Waals surface area contributed by atoms with Crippen molar-refractivity contribution in [1.82, 2.24) is 10.2 Å². The van der Waals surface area contributed by atoms with Gasteiger partial charge in [0.05, 0.1) is 6.54 Å². The average Bonchev–Trinajstić information content (AvgIpc) is 2.62. The number of rotatable bonds is 5. The molecule has 5 heteroatoms. The number of hydrogen-bond acceptors (Lipinski definition) is 3. The Labute approximate surface area is 95.8 Å². The van der Waals surface area contributed by atoms with E-state index in [1.165, 1.54) is 0 Å². The average molecular weight is 228 g/mol. The van der Waals surface area contributed by atoms with Gasteiger partial charge in [-0.1, -0.05) is 13.8 Å². The Hall–Kier alpha value is -1.10. The first-order valence-corrected chi connectivity index (χ1v) is 5.74. The van der Waals surface area contributed by atoms with Crippen LogP contribution < -0.4 is 5.32 Å². The summed E-state index contributed by atoms with van der Waals surface area (Å²) in [6.07, 6.45) is 1.50. The number of carbonyl (C=O) groups is 2. The molecule has 1 fully saturated rings. The van der Waals surface area contributed by atoms with Crippen molar-refractivity contribution in [3.8, 4) is 0 Å². The van der Waals surface area contributed by atoms with Gasteiger partial charge in [0, 0.05) is 6.54 Å². The molecule has 1 heterocycles. The Morgan fingerprint density at radius 1 is 1.50 bits per heavy atom. The molecule has 0 aliphatic carbocycles. The minimum Gasteiger partial charge on any atom is -0.480 e. The van der Waals surface area contributed by atoms with E-state index in [0.29, 0.717) is 25.4 Å². The summed E-state index contributed by atoms with van der Waals surface area (Å²) < 4.78 is 0. The molecule has 1 unspecified atom stereocenters. The molecule has 1 rings (SSSR count). The normalized spacial score (nSPS) is 21.3. The Balaban J connectivity index is 2.35. The molecule has 1 atom stereocenters. The van der Waals surface area contributed by atoms with Crippen LogP contribution in [0.3, 0.4) is 0 Å². The molecule has 16 heavy (non-hydrogen) atoms. The highest BCUT2D eigenvalue weighted by Crippen LogP contribution is 2.16. The Morgan fingerprint density at radius 3 is 2.75 bits per heavy atom. The second-order valence-corrected chi connectivity index (χ2v) is 4.66. The zero-order chi connectivity index (χ0) is 12.1. The highest BCUT2D eigenvalue weighted by molar-refractivity contribution is 5.80. The highest BCUT2D eigenvalue weighted by atomic mass is 16.4. The lowest BCUT2D eigenvalue weighted by molar-refractivity contribution is -0.142. The SMILES string of the molecule is CC(C)CNC(=O)CN1CCCC1C(=O)O. The van der Waals surface area contributed by atoms with Crippen molar-refractivity contribution in [1.29, 1.82) is 0 Å². The minimum atomic E-state index is -0.825. The second-order valence-electron chi connectivity index (χ2n) is 4.66. The molecule has 1 saturated heterocycles. The summed E-state index contributed by atoms with van der Waals surface area (Å²) in [5.74, 6) is -0.492. The number of hydrogen-bond donors (Lipinski definition) is 2. The van der Waals surface area contributed by atoms with E-state index in [-0.39, 0.29) is 12.5 Å². The van der Waals surface area contributed by atoms with Crippen LogP contribution in [0, 0.1) is 5.92 Å². The maximum absolute atomic E-state index is 11.5. The molecule has 0 bridgehead atoms. The summed E-state index contributed by atoms with van der Waals surface area (Å²) >= 11 is 0. The van der Waals surface area contributed by atoms with Crippen molar-refractivity contribution in [2.24, 2.45) is 5.92 Å². The smallest absolute Gasteiger partial charge is 0.320 e. The number of amides is 1. The molecule has 92 valence electrons. The van der Waals surface area contributed by atoms with Gasteiger partial charge in [-0.15, -0.1) is 0 Å². The fourth-order valence-corrected chi connectivity index (χ4v) is 1.85. The monoisotopic (exact) mass is 228 g/mol. The fourth-order valence-electron chi connectivity index (χ4n) is 1.85. The van der Waals surface area contributed by atoms with Crippen molar-refractivity contribution < 1.29 is 14.7 Å². The molecular weight excluding hydrogens is 208 g/mol. The lowest BCUT2D eigenvalue weighted by Gasteiger charge is -2.20. The molecule has 1 amide bonds. The topological polar surface area (TPSA) is 69.6 Å². The molecular formula is C11H20N2O3. The van der Waals surface area contributed by atoms with Gasteiger partial charge < -0.3 is 10.4 Å². The van der Waals surface area contributed by atoms with Crippen LogP contribution in [0.5, 0.6) is 0 Å². The van der Waals surface area contributed by atoms with Gasteiger partial charge in [-0.2, -0.15) is 0 Å². The number of carbonyl (C=O) groups excluding carboxylic acids is 1. The van der Waals surface area contributed by atoms with Gasteiger partial charge in [-0.25, -0.2) is 0 Å². The summed E-state index contributed by atoms with van der Waals surface area (Å²) in [5.41, 5.74) is 0. The number of aliphatic carboxylic acids is 1. The predicted molar refractivity (Wildman–Crippen MR) is 60.1 cm³/mol. The van der Waals surface area contributed by atoms with E-state index in [4.69, 9.17) is 5.11 Å². The third-order valence-corrected chi connectivity index (χ3v) is 2.70. The lowest BCUT2D eigenvalue weighted by atomic mass is 10.2. The Morgan fingerprint density at radius 2 is 2.19 bits per heavy atom. The van der Waals surface area contributed by atoms with E-state index < -0.39 is 12.0 Å². The van der Waals surface area contributed by atoms with Crippen LogP contribution >= 0.6 is 0 Å². The maximum atomic E-state index is 11.5. The van der Waals surface area contributed by atoms with Crippen LogP contribution in [0.25, 0.3) is 0 Å². The molecule has 0 spiro atoms. The van der Waals surface area contributed by atoms with Crippen LogP contribution in [0.4, 0.5) is 0 Å². The summed E-state index contributed by atoms with van der Waals surface area (Å²) in [6.45, 7) is 5.59. The first-order valence-electron chi connectivity index (χ1n) is 5.74. The molecule has 2 N–H and O–H groups in total. The molecule has 1 aliphatic heterocycles. The molecule has 0 aromatic carbocycles. The second kappa shape index (κ2) is 5.84. The van der Waals surface area contributed by atoms with E-state index in [0.717, 1.165) is 6.42 Å². The molecule has 5 nitrogen and oxygen atoms in total. The van der Waals surface area contributed by atoms with Crippen molar-refractivity contribution in [2.75, 3.05) is 19.6 Å². The van der Waals surface area contributed by atoms with Crippen molar-refractivity contribution >= 4 is 11.9 Å². The van der Waals surface area contributed by atoms with E-state index in [2.05, 4.69) is 5.32 Å². The number of carboxylic acid groups (broad SMARTS) is 1. The van der Waals surface area contributed by atoms with Gasteiger partial charge in [0.15, 0.2) is 0 Å². The summed E-state index contributed by atoms with van der Waals surface area (Å²) in [6, 6.07) is -0.482. The largest absolute Gasteiger partial charge is 0.480 e. The van der Waals surface area contributed by atoms with Crippen LogP contribution in [0.2, 0.25) is 0 Å². The summed E-state index contributed by atoms with van der Waals surface area (Å²) in [5, 5.41) is 11.7. The lowest BCUT2D eigenvalue weighted by Crippen LogP contribution is -2.43. The van der Waals surface area contributed by atoms with Gasteiger partial charge in [0.2, 0.25) is 5.91 Å². The van der Waals surface area contributed by atoms with Gasteiger partial charge in [-0.05, 0) is 25.3 Å². The zero-order valence-electron chi connectivity index (χ0n) is 9.90. The van der Waals surface area contributed by atoms with Crippen LogP contribution in [0.1, 0.15) is 26.7 Å². The number of carboxylic acids is 1. The van der Waals surface area contributed by atoms with Gasteiger partial charge in [0.1, 0.15) is 6.04 Å². The zero-order valence-corrected chi connectivity index (χ0v) is 9.90. The maximum Gasteiger partial charge on any atom is 0.320 e. The molecule has 0 aromatic heterocycles. The standard InChI is InChI=1S/C11H20N2O3/c1-8(2)6-12-10(14)7-13-5-3-4-9(13)11(15)16/h8-9H,3-7H2,1-2H3,(H,12,14)(H,15,16). The molecule has 0 aromatic rings. The van der Waals surface area contributed by atoms with Crippen LogP contribution in [-0.4, -0.2) is 47.6 Å². The Kier molecular flexibility index (Phi) is 4.73. The quantitative estimate of drug-likeness (QED) is 0.710. The highest BCUT2D eigenvalue weighted by Gasteiger charge is 2.31. The van der Waals surface area contributed by atoms with Crippen molar-refractivity contribution in [3.05, 3.63) is 0 Å². The van der Waals surface area contributed by atoms with Crippen LogP contribution in [0.15, 0.2) is 0 Å². The third-order valence-electron chi connectivity index (χ3n) is 2.70. The van der Waals surface area contributed by atoms with Gasteiger partial charge in [0.25, 0.3) is 0 Å². The van der Waals surface area contributed by atoms with E-state index in [9.17, 15) is 9.59 Å². The summed E-state index contributed by atoms with van der Waals surface area (Å²) in [4.78, 5) is 24.1. The number of likely N-dealkylation sites (tertiary alicyclic amines) is 1. The van der Waals surface area contributed by atoms with E-state index in [1.54, 1.807) is 4.90 Å². The van der Waals surface area contributed by atoms with Crippen molar-refractivity contribution in [3.63, 3.8) is 0 Å². The van der Waals surface area contributed by atoms with Gasteiger partial charge >= 0.3 is 5.97 Å². The number of nitrogens with one attached hydrogen (secondary N) is 1. The van der Waals surface area contributed by atoms with Crippen LogP contribution in [-0.2, 0) is 9.59 Å². The summed E-state index contributed by atoms with van der Waals surface area (Å²) in [7, 11) is 0. The molecule has 0 saturated carbocycles. The van der Waals surface area contributed by atoms with Crippen molar-refractivity contribution in [2.45, 2.75) is 32.7 Å².